The van der Waals surface area contributed by atoms with Crippen molar-refractivity contribution in [3.63, 3.8) is 0 Å². The van der Waals surface area contributed by atoms with Crippen LogP contribution in [-0.2, 0) is 0 Å². The number of methoxy groups -OCH3 is 1. The Bertz CT molecular complexity index is 1040. The lowest BCUT2D eigenvalue weighted by atomic mass is 10.1. The molecule has 2 aromatic carbocycles. The molecule has 1 N–H and O–H groups in total. The number of benzene rings is 2. The van der Waals surface area contributed by atoms with Crippen molar-refractivity contribution in [3.8, 4) is 11.5 Å². The van der Waals surface area contributed by atoms with E-state index in [0.29, 0.717) is 40.6 Å². The molecule has 5 heteroatoms. The maximum atomic E-state index is 11.6. The molecule has 0 bridgehead atoms. The van der Waals surface area contributed by atoms with E-state index < -0.39 is 5.97 Å². The minimum absolute atomic E-state index is 0.238. The maximum Gasteiger partial charge on any atom is 0.336 e. The Labute approximate surface area is 170 Å². The lowest BCUT2D eigenvalue weighted by Crippen LogP contribution is -2.02. The monoisotopic (exact) mass is 391 g/mol. The average molecular weight is 391 g/mol. The highest BCUT2D eigenvalue weighted by Gasteiger charge is 2.10. The van der Waals surface area contributed by atoms with Crippen LogP contribution < -0.4 is 9.47 Å². The van der Waals surface area contributed by atoms with Crippen LogP contribution in [0.15, 0.2) is 48.5 Å². The van der Waals surface area contributed by atoms with E-state index in [-0.39, 0.29) is 5.56 Å². The first-order chi connectivity index (χ1) is 14.0. The maximum absolute atomic E-state index is 11.6. The number of para-hydroxylation sites is 1. The van der Waals surface area contributed by atoms with Gasteiger partial charge in [-0.15, -0.1) is 0 Å². The molecule has 3 rings (SSSR count). The first kappa shape index (κ1) is 20.4. The molecule has 29 heavy (non-hydrogen) atoms. The fourth-order valence-corrected chi connectivity index (χ4v) is 2.95. The number of fused-ring (bicyclic) bond motifs is 1. The predicted octanol–water partition coefficient (Wildman–Crippen LogP) is 5.54. The van der Waals surface area contributed by atoms with E-state index in [9.17, 15) is 9.90 Å². The van der Waals surface area contributed by atoms with E-state index in [0.717, 1.165) is 12.0 Å². The largest absolute Gasteiger partial charge is 0.493 e. The van der Waals surface area contributed by atoms with Crippen molar-refractivity contribution < 1.29 is 19.4 Å². The zero-order valence-corrected chi connectivity index (χ0v) is 16.9. The number of pyridine rings is 1. The Morgan fingerprint density at radius 2 is 1.90 bits per heavy atom. The lowest BCUT2D eigenvalue weighted by molar-refractivity contribution is 0.0699. The first-order valence-corrected chi connectivity index (χ1v) is 9.60. The number of aromatic nitrogens is 1. The summed E-state index contributed by atoms with van der Waals surface area (Å²) in [6.07, 6.45) is 4.65. The van der Waals surface area contributed by atoms with Crippen LogP contribution in [-0.4, -0.2) is 29.8 Å². The summed E-state index contributed by atoms with van der Waals surface area (Å²) >= 11 is 0. The van der Waals surface area contributed by atoms with Gasteiger partial charge in [0.2, 0.25) is 0 Å². The molecule has 1 aromatic heterocycles. The fraction of sp³-hybridized carbons (Fsp3) is 0.250. The second-order valence-electron chi connectivity index (χ2n) is 7.19. The third kappa shape index (κ3) is 5.13. The van der Waals surface area contributed by atoms with E-state index in [1.807, 2.05) is 42.5 Å². The van der Waals surface area contributed by atoms with E-state index in [4.69, 9.17) is 9.47 Å². The number of rotatable bonds is 8. The van der Waals surface area contributed by atoms with Gasteiger partial charge in [-0.2, -0.15) is 0 Å². The van der Waals surface area contributed by atoms with E-state index in [1.165, 1.54) is 0 Å². The summed E-state index contributed by atoms with van der Waals surface area (Å²) in [5.74, 6) is 0.979. The Morgan fingerprint density at radius 1 is 1.10 bits per heavy atom. The molecule has 0 unspecified atom stereocenters. The predicted molar refractivity (Wildman–Crippen MR) is 116 cm³/mol. The van der Waals surface area contributed by atoms with Crippen molar-refractivity contribution >= 4 is 29.0 Å². The van der Waals surface area contributed by atoms with Crippen LogP contribution in [0.25, 0.3) is 23.1 Å². The van der Waals surface area contributed by atoms with Crippen LogP contribution >= 0.6 is 0 Å². The van der Waals surface area contributed by atoms with Crippen molar-refractivity contribution in [1.29, 1.82) is 0 Å². The van der Waals surface area contributed by atoms with Gasteiger partial charge < -0.3 is 14.6 Å². The molecule has 0 radical (unpaired) electrons. The first-order valence-electron chi connectivity index (χ1n) is 9.60. The van der Waals surface area contributed by atoms with Crippen LogP contribution in [0.2, 0.25) is 0 Å². The molecule has 0 fully saturated rings. The molecule has 3 aromatic rings. The van der Waals surface area contributed by atoms with Gasteiger partial charge in [-0.25, -0.2) is 9.78 Å². The summed E-state index contributed by atoms with van der Waals surface area (Å²) in [5.41, 5.74) is 2.38. The van der Waals surface area contributed by atoms with Crippen LogP contribution in [0.3, 0.4) is 0 Å². The zero-order valence-electron chi connectivity index (χ0n) is 16.9. The third-order valence-corrected chi connectivity index (χ3v) is 4.55. The Hall–Kier alpha value is -3.34. The zero-order chi connectivity index (χ0) is 20.8. The molecular weight excluding hydrogens is 366 g/mol. The van der Waals surface area contributed by atoms with Gasteiger partial charge in [-0.05, 0) is 48.2 Å². The highest BCUT2D eigenvalue weighted by atomic mass is 16.5. The van der Waals surface area contributed by atoms with Crippen LogP contribution in [0, 0.1) is 5.92 Å². The minimum Gasteiger partial charge on any atom is -0.493 e. The van der Waals surface area contributed by atoms with E-state index >= 15 is 0 Å². The normalized spacial score (nSPS) is 11.3. The van der Waals surface area contributed by atoms with Crippen molar-refractivity contribution in [2.24, 2.45) is 5.92 Å². The smallest absolute Gasteiger partial charge is 0.336 e. The second kappa shape index (κ2) is 9.24. The quantitative estimate of drug-likeness (QED) is 0.546. The Morgan fingerprint density at radius 3 is 2.62 bits per heavy atom. The standard InChI is InChI=1S/C24H25NO4/c1-16(2)12-13-29-22-11-9-17(14-23(22)28-3)8-10-18-15-20(24(26)27)19-6-4-5-7-21(19)25-18/h4-11,14-16H,12-13H2,1-3H3,(H,26,27). The van der Waals surface area contributed by atoms with Crippen molar-refractivity contribution in [2.75, 3.05) is 13.7 Å². The van der Waals surface area contributed by atoms with Gasteiger partial charge >= 0.3 is 5.97 Å². The van der Waals surface area contributed by atoms with Crippen molar-refractivity contribution in [1.82, 2.24) is 4.98 Å². The number of hydrogen-bond acceptors (Lipinski definition) is 4. The van der Waals surface area contributed by atoms with Gasteiger partial charge in [0.05, 0.1) is 30.5 Å². The van der Waals surface area contributed by atoms with Gasteiger partial charge in [0.25, 0.3) is 0 Å². The van der Waals surface area contributed by atoms with Gasteiger partial charge in [-0.3, -0.25) is 0 Å². The number of aromatic carboxylic acids is 1. The molecule has 0 aliphatic rings. The summed E-state index contributed by atoms with van der Waals surface area (Å²) in [7, 11) is 1.61. The summed E-state index contributed by atoms with van der Waals surface area (Å²) in [6, 6.07) is 14.5. The van der Waals surface area contributed by atoms with E-state index in [1.54, 1.807) is 25.3 Å². The molecule has 0 spiro atoms. The molecule has 0 amide bonds. The molecule has 0 aliphatic carbocycles. The summed E-state index contributed by atoms with van der Waals surface area (Å²) in [4.78, 5) is 16.2. The number of carboxylic acid groups (broad SMARTS) is 1. The number of ether oxygens (including phenoxy) is 2. The van der Waals surface area contributed by atoms with Crippen LogP contribution in [0.4, 0.5) is 0 Å². The lowest BCUT2D eigenvalue weighted by Gasteiger charge is -2.12. The number of hydrogen-bond donors (Lipinski definition) is 1. The molecule has 150 valence electrons. The number of carbonyl (C=O) groups is 1. The Kier molecular flexibility index (Phi) is 6.50. The van der Waals surface area contributed by atoms with Gasteiger partial charge in [0, 0.05) is 5.39 Å². The molecule has 0 saturated heterocycles. The molecule has 0 saturated carbocycles. The highest BCUT2D eigenvalue weighted by Crippen LogP contribution is 2.29. The fourth-order valence-electron chi connectivity index (χ4n) is 2.95. The van der Waals surface area contributed by atoms with Crippen molar-refractivity contribution in [3.05, 3.63) is 65.4 Å². The molecular formula is C24H25NO4. The van der Waals surface area contributed by atoms with Crippen LogP contribution in [0.5, 0.6) is 11.5 Å². The topological polar surface area (TPSA) is 68.7 Å². The van der Waals surface area contributed by atoms with Gasteiger partial charge in [0.1, 0.15) is 0 Å². The number of carboxylic acids is 1. The number of nitrogens with zero attached hydrogens (tertiary/aromatic N) is 1. The molecule has 1 heterocycles. The SMILES string of the molecule is COc1cc(C=Cc2cc(C(=O)O)c3ccccc3n2)ccc1OCCC(C)C. The summed E-state index contributed by atoms with van der Waals surface area (Å²) in [6.45, 7) is 4.96. The molecule has 0 aliphatic heterocycles. The molecule has 5 nitrogen and oxygen atoms in total. The summed E-state index contributed by atoms with van der Waals surface area (Å²) in [5, 5.41) is 10.1. The second-order valence-corrected chi connectivity index (χ2v) is 7.19. The third-order valence-electron chi connectivity index (χ3n) is 4.55. The summed E-state index contributed by atoms with van der Waals surface area (Å²) < 4.78 is 11.3. The van der Waals surface area contributed by atoms with Gasteiger partial charge in [-0.1, -0.05) is 44.2 Å². The van der Waals surface area contributed by atoms with Crippen LogP contribution in [0.1, 0.15) is 41.9 Å². The minimum atomic E-state index is -0.970. The molecule has 0 atom stereocenters. The van der Waals surface area contributed by atoms with Gasteiger partial charge in [0.15, 0.2) is 11.5 Å². The van der Waals surface area contributed by atoms with E-state index in [2.05, 4.69) is 18.8 Å². The average Bonchev–Trinajstić information content (AvgIpc) is 2.71. The Balaban J connectivity index is 1.85. The highest BCUT2D eigenvalue weighted by molar-refractivity contribution is 6.03. The van der Waals surface area contributed by atoms with Crippen molar-refractivity contribution in [2.45, 2.75) is 20.3 Å².